The van der Waals surface area contributed by atoms with Crippen LogP contribution in [-0.4, -0.2) is 34.2 Å². The maximum absolute atomic E-state index is 5.59. The van der Waals surface area contributed by atoms with Gasteiger partial charge >= 0.3 is 0 Å². The summed E-state index contributed by atoms with van der Waals surface area (Å²) in [5.74, 6) is 1.43. The summed E-state index contributed by atoms with van der Waals surface area (Å²) in [4.78, 5) is 12.1. The third-order valence-electron chi connectivity index (χ3n) is 3.45. The van der Waals surface area contributed by atoms with Crippen molar-refractivity contribution in [2.24, 2.45) is 5.92 Å². The molecule has 20 heavy (non-hydrogen) atoms. The second-order valence-corrected chi connectivity index (χ2v) is 4.91. The molecule has 3 heterocycles. The summed E-state index contributed by atoms with van der Waals surface area (Å²) < 4.78 is 5.59. The van der Waals surface area contributed by atoms with Gasteiger partial charge in [0.25, 0.3) is 0 Å². The van der Waals surface area contributed by atoms with Crippen LogP contribution < -0.4 is 11.1 Å². The van der Waals surface area contributed by atoms with Crippen molar-refractivity contribution < 1.29 is 4.74 Å². The Morgan fingerprint density at radius 1 is 1.20 bits per heavy atom. The molecule has 0 aliphatic carbocycles. The number of nitrogens with zero attached hydrogens (tertiary/aromatic N) is 3. The summed E-state index contributed by atoms with van der Waals surface area (Å²) >= 11 is 0. The smallest absolute Gasteiger partial charge is 0.221 e. The fourth-order valence-corrected chi connectivity index (χ4v) is 2.43. The lowest BCUT2D eigenvalue weighted by Gasteiger charge is -2.19. The summed E-state index contributed by atoms with van der Waals surface area (Å²) in [6.45, 7) is 1.43. The number of hydrogen-bond acceptors (Lipinski definition) is 6. The van der Waals surface area contributed by atoms with Crippen molar-refractivity contribution in [3.63, 3.8) is 0 Å². The molecule has 0 radical (unpaired) electrons. The first-order chi connectivity index (χ1) is 9.81. The molecule has 6 nitrogen and oxygen atoms in total. The van der Waals surface area contributed by atoms with Gasteiger partial charge < -0.3 is 15.8 Å². The van der Waals surface area contributed by atoms with E-state index in [1.54, 1.807) is 6.20 Å². The SMILES string of the molecule is Nc1nccc(N[C@H]2COC[C@H]2Cc2ccncc2)n1. The lowest BCUT2D eigenvalue weighted by molar-refractivity contribution is 0.185. The maximum Gasteiger partial charge on any atom is 0.221 e. The van der Waals surface area contributed by atoms with E-state index in [4.69, 9.17) is 10.5 Å². The van der Waals surface area contributed by atoms with Crippen LogP contribution in [0.4, 0.5) is 11.8 Å². The van der Waals surface area contributed by atoms with E-state index in [2.05, 4.69) is 20.3 Å². The third kappa shape index (κ3) is 3.03. The molecule has 0 saturated carbocycles. The zero-order valence-corrected chi connectivity index (χ0v) is 11.1. The highest BCUT2D eigenvalue weighted by Gasteiger charge is 2.28. The van der Waals surface area contributed by atoms with E-state index < -0.39 is 0 Å². The van der Waals surface area contributed by atoms with Gasteiger partial charge in [0.05, 0.1) is 19.3 Å². The largest absolute Gasteiger partial charge is 0.379 e. The van der Waals surface area contributed by atoms with E-state index in [1.807, 2.05) is 30.6 Å². The van der Waals surface area contributed by atoms with Gasteiger partial charge in [0.2, 0.25) is 5.95 Å². The molecule has 104 valence electrons. The average Bonchev–Trinajstić information content (AvgIpc) is 2.87. The fraction of sp³-hybridized carbons (Fsp3) is 0.357. The number of nitrogens with one attached hydrogen (secondary N) is 1. The minimum Gasteiger partial charge on any atom is -0.379 e. The first-order valence-corrected chi connectivity index (χ1v) is 6.63. The molecule has 2 atom stereocenters. The Hall–Kier alpha value is -2.21. The molecule has 3 N–H and O–H groups in total. The van der Waals surface area contributed by atoms with Crippen LogP contribution in [0.25, 0.3) is 0 Å². The standard InChI is InChI=1S/C14H17N5O/c15-14-17-6-3-13(19-14)18-12-9-20-8-11(12)7-10-1-4-16-5-2-10/h1-6,11-12H,7-9H2,(H3,15,17,18,19)/t11-,12+/m1/s1. The Bertz CT molecular complexity index is 563. The molecule has 0 spiro atoms. The quantitative estimate of drug-likeness (QED) is 0.866. The Kier molecular flexibility index (Phi) is 3.73. The summed E-state index contributed by atoms with van der Waals surface area (Å²) in [5, 5.41) is 3.38. The van der Waals surface area contributed by atoms with Crippen LogP contribution in [0.3, 0.4) is 0 Å². The second kappa shape index (κ2) is 5.83. The summed E-state index contributed by atoms with van der Waals surface area (Å²) in [6, 6.07) is 6.13. The van der Waals surface area contributed by atoms with E-state index >= 15 is 0 Å². The van der Waals surface area contributed by atoms with Crippen molar-refractivity contribution >= 4 is 11.8 Å². The first kappa shape index (κ1) is 12.8. The number of pyridine rings is 1. The molecule has 0 aromatic carbocycles. The second-order valence-electron chi connectivity index (χ2n) is 4.91. The van der Waals surface area contributed by atoms with Gasteiger partial charge in [0.15, 0.2) is 0 Å². The van der Waals surface area contributed by atoms with Gasteiger partial charge in [-0.2, -0.15) is 4.98 Å². The molecule has 3 rings (SSSR count). The van der Waals surface area contributed by atoms with Gasteiger partial charge in [-0.3, -0.25) is 4.98 Å². The molecular formula is C14H17N5O. The predicted octanol–water partition coefficient (Wildman–Crippen LogP) is 1.12. The molecule has 1 aliphatic heterocycles. The summed E-state index contributed by atoms with van der Waals surface area (Å²) in [7, 11) is 0. The van der Waals surface area contributed by atoms with E-state index in [-0.39, 0.29) is 12.0 Å². The third-order valence-corrected chi connectivity index (χ3v) is 3.45. The molecule has 0 bridgehead atoms. The normalized spacial score (nSPS) is 21.8. The highest BCUT2D eigenvalue weighted by Crippen LogP contribution is 2.22. The minimum absolute atomic E-state index is 0.234. The molecular weight excluding hydrogens is 254 g/mol. The van der Waals surface area contributed by atoms with Crippen LogP contribution >= 0.6 is 0 Å². The molecule has 0 amide bonds. The zero-order valence-electron chi connectivity index (χ0n) is 11.1. The van der Waals surface area contributed by atoms with Gasteiger partial charge in [-0.15, -0.1) is 0 Å². The van der Waals surface area contributed by atoms with E-state index in [1.165, 1.54) is 5.56 Å². The van der Waals surface area contributed by atoms with Crippen LogP contribution in [-0.2, 0) is 11.2 Å². The molecule has 1 saturated heterocycles. The number of aromatic nitrogens is 3. The maximum atomic E-state index is 5.59. The minimum atomic E-state index is 0.234. The predicted molar refractivity (Wildman–Crippen MR) is 76.1 cm³/mol. The summed E-state index contributed by atoms with van der Waals surface area (Å²) in [5.41, 5.74) is 6.86. The van der Waals surface area contributed by atoms with Crippen LogP contribution in [0.5, 0.6) is 0 Å². The Labute approximate surface area is 117 Å². The fourth-order valence-electron chi connectivity index (χ4n) is 2.43. The topological polar surface area (TPSA) is 86.0 Å². The van der Waals surface area contributed by atoms with Crippen molar-refractivity contribution in [2.75, 3.05) is 24.3 Å². The highest BCUT2D eigenvalue weighted by molar-refractivity contribution is 5.39. The van der Waals surface area contributed by atoms with E-state index in [9.17, 15) is 0 Å². The van der Waals surface area contributed by atoms with Crippen molar-refractivity contribution in [3.8, 4) is 0 Å². The molecule has 2 aromatic rings. The molecule has 1 aliphatic rings. The van der Waals surface area contributed by atoms with Crippen molar-refractivity contribution in [1.29, 1.82) is 0 Å². The van der Waals surface area contributed by atoms with E-state index in [0.29, 0.717) is 12.5 Å². The van der Waals surface area contributed by atoms with Gasteiger partial charge in [-0.1, -0.05) is 0 Å². The molecule has 1 fully saturated rings. The van der Waals surface area contributed by atoms with Gasteiger partial charge in [0.1, 0.15) is 5.82 Å². The van der Waals surface area contributed by atoms with Crippen LogP contribution in [0, 0.1) is 5.92 Å². The summed E-state index contributed by atoms with van der Waals surface area (Å²) in [6.07, 6.45) is 6.25. The number of nitrogens with two attached hydrogens (primary N) is 1. The molecule has 2 aromatic heterocycles. The lowest BCUT2D eigenvalue weighted by Crippen LogP contribution is -2.29. The number of ether oxygens (including phenoxy) is 1. The first-order valence-electron chi connectivity index (χ1n) is 6.63. The Balaban J connectivity index is 1.66. The lowest BCUT2D eigenvalue weighted by atomic mass is 9.95. The van der Waals surface area contributed by atoms with E-state index in [0.717, 1.165) is 18.8 Å². The van der Waals surface area contributed by atoms with Gasteiger partial charge in [-0.05, 0) is 30.2 Å². The van der Waals surface area contributed by atoms with Crippen LogP contribution in [0.15, 0.2) is 36.8 Å². The monoisotopic (exact) mass is 271 g/mol. The highest BCUT2D eigenvalue weighted by atomic mass is 16.5. The number of anilines is 2. The Morgan fingerprint density at radius 2 is 2.05 bits per heavy atom. The average molecular weight is 271 g/mol. The zero-order chi connectivity index (χ0) is 13.8. The van der Waals surface area contributed by atoms with Gasteiger partial charge in [0, 0.05) is 24.5 Å². The van der Waals surface area contributed by atoms with Gasteiger partial charge in [-0.25, -0.2) is 4.98 Å². The van der Waals surface area contributed by atoms with Crippen LogP contribution in [0.2, 0.25) is 0 Å². The van der Waals surface area contributed by atoms with Crippen molar-refractivity contribution in [1.82, 2.24) is 15.0 Å². The molecule has 6 heteroatoms. The van der Waals surface area contributed by atoms with Crippen molar-refractivity contribution in [2.45, 2.75) is 12.5 Å². The number of rotatable bonds is 4. The number of hydrogen-bond donors (Lipinski definition) is 2. The molecule has 0 unspecified atom stereocenters. The number of nitrogen functional groups attached to an aromatic ring is 1. The Morgan fingerprint density at radius 3 is 2.85 bits per heavy atom. The van der Waals surface area contributed by atoms with Crippen molar-refractivity contribution in [3.05, 3.63) is 42.4 Å². The van der Waals surface area contributed by atoms with Crippen LogP contribution in [0.1, 0.15) is 5.56 Å².